The van der Waals surface area contributed by atoms with Crippen molar-refractivity contribution in [3.8, 4) is 0 Å². The van der Waals surface area contributed by atoms with Crippen molar-refractivity contribution in [3.05, 3.63) is 71.8 Å². The third-order valence-electron chi connectivity index (χ3n) is 6.92. The van der Waals surface area contributed by atoms with Crippen LogP contribution in [0.5, 0.6) is 0 Å². The lowest BCUT2D eigenvalue weighted by molar-refractivity contribution is -0.929. The van der Waals surface area contributed by atoms with Gasteiger partial charge in [0.15, 0.2) is 0 Å². The van der Waals surface area contributed by atoms with Crippen LogP contribution in [0.4, 0.5) is 0 Å². The summed E-state index contributed by atoms with van der Waals surface area (Å²) in [4.78, 5) is 16.5. The molecular formula is C26H35N2O+. The fraction of sp³-hybridized carbons (Fsp3) is 0.500. The number of carbonyl (C=O) groups excluding carboxylic acids is 1. The Morgan fingerprint density at radius 2 is 1.41 bits per heavy atom. The quantitative estimate of drug-likeness (QED) is 0.795. The van der Waals surface area contributed by atoms with E-state index in [9.17, 15) is 4.79 Å². The predicted molar refractivity (Wildman–Crippen MR) is 118 cm³/mol. The van der Waals surface area contributed by atoms with Gasteiger partial charge in [-0.15, -0.1) is 0 Å². The molecule has 1 saturated heterocycles. The number of nitrogens with one attached hydrogen (secondary N) is 1. The molecule has 2 aromatic rings. The maximum Gasteiger partial charge on any atom is 0.222 e. The van der Waals surface area contributed by atoms with Gasteiger partial charge in [0.25, 0.3) is 0 Å². The summed E-state index contributed by atoms with van der Waals surface area (Å²) in [5.74, 6) is 1.17. The molecule has 0 bridgehead atoms. The summed E-state index contributed by atoms with van der Waals surface area (Å²) >= 11 is 0. The minimum Gasteiger partial charge on any atom is -0.331 e. The molecule has 3 nitrogen and oxygen atoms in total. The van der Waals surface area contributed by atoms with E-state index in [1.807, 2.05) is 0 Å². The lowest BCUT2D eigenvalue weighted by atomic mass is 9.86. The lowest BCUT2D eigenvalue weighted by Gasteiger charge is -2.37. The van der Waals surface area contributed by atoms with Gasteiger partial charge >= 0.3 is 0 Å². The molecule has 154 valence electrons. The van der Waals surface area contributed by atoms with E-state index in [1.54, 1.807) is 4.90 Å². The molecule has 1 aliphatic carbocycles. The Morgan fingerprint density at radius 3 is 1.97 bits per heavy atom. The van der Waals surface area contributed by atoms with Crippen LogP contribution in [0.25, 0.3) is 0 Å². The summed E-state index contributed by atoms with van der Waals surface area (Å²) in [5, 5.41) is 0. The maximum absolute atomic E-state index is 12.8. The van der Waals surface area contributed by atoms with Gasteiger partial charge in [0.05, 0.1) is 26.2 Å². The normalized spacial score (nSPS) is 18.9. The van der Waals surface area contributed by atoms with Gasteiger partial charge in [-0.3, -0.25) is 4.79 Å². The van der Waals surface area contributed by atoms with Crippen molar-refractivity contribution in [2.24, 2.45) is 5.92 Å². The Balaban J connectivity index is 1.36. The second-order valence-electron chi connectivity index (χ2n) is 8.84. The second kappa shape index (κ2) is 10.1. The molecule has 4 rings (SSSR count). The summed E-state index contributed by atoms with van der Waals surface area (Å²) in [6, 6.07) is 22.0. The van der Waals surface area contributed by atoms with Crippen LogP contribution in [0, 0.1) is 5.92 Å². The monoisotopic (exact) mass is 391 g/mol. The van der Waals surface area contributed by atoms with Gasteiger partial charge in [0, 0.05) is 17.5 Å². The number of rotatable bonds is 6. The highest BCUT2D eigenvalue weighted by atomic mass is 16.2. The molecule has 1 amide bonds. The molecule has 1 aliphatic heterocycles. The topological polar surface area (TPSA) is 24.8 Å². The molecule has 0 unspecified atom stereocenters. The molecule has 0 spiro atoms. The highest BCUT2D eigenvalue weighted by molar-refractivity contribution is 5.76. The molecule has 29 heavy (non-hydrogen) atoms. The number of carbonyl (C=O) groups is 1. The van der Waals surface area contributed by atoms with Gasteiger partial charge in [-0.2, -0.15) is 0 Å². The summed E-state index contributed by atoms with van der Waals surface area (Å²) in [5.41, 5.74) is 2.73. The second-order valence-corrected chi connectivity index (χ2v) is 8.84. The molecule has 2 aliphatic rings. The highest BCUT2D eigenvalue weighted by Crippen LogP contribution is 2.27. The van der Waals surface area contributed by atoms with E-state index < -0.39 is 0 Å². The Labute approximate surface area is 175 Å². The number of nitrogens with zero attached hydrogens (tertiary/aromatic N) is 1. The fourth-order valence-corrected chi connectivity index (χ4v) is 5.25. The fourth-order valence-electron chi connectivity index (χ4n) is 5.25. The van der Waals surface area contributed by atoms with Crippen LogP contribution < -0.4 is 4.90 Å². The Hall–Kier alpha value is -2.13. The summed E-state index contributed by atoms with van der Waals surface area (Å²) in [6.07, 6.45) is 8.63. The summed E-state index contributed by atoms with van der Waals surface area (Å²) in [7, 11) is 0. The van der Waals surface area contributed by atoms with Crippen LogP contribution in [0.3, 0.4) is 0 Å². The first-order valence-electron chi connectivity index (χ1n) is 11.5. The Kier molecular flexibility index (Phi) is 7.00. The molecule has 2 fully saturated rings. The van der Waals surface area contributed by atoms with Crippen molar-refractivity contribution in [2.45, 2.75) is 51.0 Å². The molecule has 1 N–H and O–H groups in total. The van der Waals surface area contributed by atoms with Gasteiger partial charge in [0.1, 0.15) is 6.04 Å². The van der Waals surface area contributed by atoms with Crippen molar-refractivity contribution in [3.63, 3.8) is 0 Å². The van der Waals surface area contributed by atoms with E-state index >= 15 is 0 Å². The van der Waals surface area contributed by atoms with Crippen molar-refractivity contribution in [2.75, 3.05) is 26.2 Å². The standard InChI is InChI=1S/C26H34N2O/c29-25(17-16-22-10-4-1-5-11-22)27-18-20-28(21-19-27)26(23-12-6-2-7-13-23)24-14-8-3-9-15-24/h2-3,6-9,12-15,22,26H,1,4-5,10-11,16-21H2/p+1. The molecule has 2 aromatic carbocycles. The summed E-state index contributed by atoms with van der Waals surface area (Å²) < 4.78 is 0. The largest absolute Gasteiger partial charge is 0.331 e. The van der Waals surface area contributed by atoms with Crippen LogP contribution in [0.15, 0.2) is 60.7 Å². The zero-order valence-electron chi connectivity index (χ0n) is 17.6. The third-order valence-corrected chi connectivity index (χ3v) is 6.92. The summed E-state index contributed by atoms with van der Waals surface area (Å²) in [6.45, 7) is 3.80. The zero-order valence-corrected chi connectivity index (χ0v) is 17.6. The van der Waals surface area contributed by atoms with Gasteiger partial charge in [0.2, 0.25) is 5.91 Å². The molecule has 3 heteroatoms. The van der Waals surface area contributed by atoms with Crippen molar-refractivity contribution >= 4 is 5.91 Å². The van der Waals surface area contributed by atoms with Crippen LogP contribution in [0.2, 0.25) is 0 Å². The van der Waals surface area contributed by atoms with Crippen molar-refractivity contribution in [1.29, 1.82) is 0 Å². The van der Waals surface area contributed by atoms with E-state index in [0.29, 0.717) is 11.9 Å². The Bertz CT molecular complexity index is 707. The number of benzene rings is 2. The predicted octanol–water partition coefficient (Wildman–Crippen LogP) is 3.86. The van der Waals surface area contributed by atoms with E-state index in [0.717, 1.165) is 44.9 Å². The smallest absolute Gasteiger partial charge is 0.222 e. The maximum atomic E-state index is 12.8. The molecular weight excluding hydrogens is 356 g/mol. The minimum atomic E-state index is 0.344. The van der Waals surface area contributed by atoms with Gasteiger partial charge in [-0.05, 0) is 12.3 Å². The number of amides is 1. The third kappa shape index (κ3) is 5.27. The first-order chi connectivity index (χ1) is 14.3. The zero-order chi connectivity index (χ0) is 19.9. The first kappa shape index (κ1) is 20.2. The van der Waals surface area contributed by atoms with E-state index in [1.165, 1.54) is 43.2 Å². The number of quaternary nitrogens is 1. The SMILES string of the molecule is O=C(CCC1CCCCC1)N1CC[NH+](C(c2ccccc2)c2ccccc2)CC1. The molecule has 0 aromatic heterocycles. The first-order valence-corrected chi connectivity index (χ1v) is 11.5. The van der Waals surface area contributed by atoms with Gasteiger partial charge in [-0.25, -0.2) is 0 Å². The van der Waals surface area contributed by atoms with Crippen LogP contribution >= 0.6 is 0 Å². The molecule has 1 heterocycles. The van der Waals surface area contributed by atoms with Crippen LogP contribution in [0.1, 0.15) is 62.1 Å². The highest BCUT2D eigenvalue weighted by Gasteiger charge is 2.31. The lowest BCUT2D eigenvalue weighted by Crippen LogP contribution is -3.15. The number of hydrogen-bond donors (Lipinski definition) is 1. The minimum absolute atomic E-state index is 0.344. The Morgan fingerprint density at radius 1 is 0.862 bits per heavy atom. The van der Waals surface area contributed by atoms with E-state index in [4.69, 9.17) is 0 Å². The van der Waals surface area contributed by atoms with Crippen LogP contribution in [-0.2, 0) is 4.79 Å². The average Bonchev–Trinajstić information content (AvgIpc) is 2.80. The van der Waals surface area contributed by atoms with E-state index in [2.05, 4.69) is 65.6 Å². The molecule has 1 saturated carbocycles. The van der Waals surface area contributed by atoms with Gasteiger partial charge < -0.3 is 9.80 Å². The van der Waals surface area contributed by atoms with Crippen molar-refractivity contribution < 1.29 is 9.69 Å². The van der Waals surface area contributed by atoms with Crippen molar-refractivity contribution in [1.82, 2.24) is 4.90 Å². The van der Waals surface area contributed by atoms with Gasteiger partial charge in [-0.1, -0.05) is 92.8 Å². The number of hydrogen-bond acceptors (Lipinski definition) is 1. The van der Waals surface area contributed by atoms with Crippen LogP contribution in [-0.4, -0.2) is 37.0 Å². The average molecular weight is 392 g/mol. The number of piperazine rings is 1. The molecule has 0 radical (unpaired) electrons. The van der Waals surface area contributed by atoms with E-state index in [-0.39, 0.29) is 0 Å². The molecule has 0 atom stereocenters.